The molecule has 0 amide bonds. The largest absolute Gasteiger partial charge is 0.370 e. The average molecular weight is 321 g/mol. The summed E-state index contributed by atoms with van der Waals surface area (Å²) in [6.45, 7) is 17.0. The van der Waals surface area contributed by atoms with Crippen LogP contribution in [0.5, 0.6) is 0 Å². The average Bonchev–Trinajstić information content (AvgIpc) is 2.83. The Morgan fingerprint density at radius 3 is 2.17 bits per heavy atom. The molecule has 0 unspecified atom stereocenters. The Labute approximate surface area is 140 Å². The molecule has 23 heavy (non-hydrogen) atoms. The molecule has 1 fully saturated rings. The van der Waals surface area contributed by atoms with Crippen LogP contribution in [0.1, 0.15) is 66.4 Å². The normalized spacial score (nSPS) is 18.2. The molecule has 0 bridgehead atoms. The van der Waals surface area contributed by atoms with Crippen LogP contribution in [0.4, 0.5) is 5.82 Å². The Hall–Kier alpha value is -1.20. The van der Waals surface area contributed by atoms with Crippen LogP contribution < -0.4 is 5.32 Å². The molecule has 130 valence electrons. The second-order valence-electron chi connectivity index (χ2n) is 8.47. The number of anilines is 1. The van der Waals surface area contributed by atoms with Crippen molar-refractivity contribution in [1.82, 2.24) is 9.97 Å². The number of hydrogen-bond donors (Lipinski definition) is 1. The topological polar surface area (TPSA) is 56.3 Å². The number of ether oxygens (including phenoxy) is 2. The maximum Gasteiger partial charge on any atom is 0.167 e. The number of rotatable bonds is 4. The third-order valence-corrected chi connectivity index (χ3v) is 3.95. The summed E-state index contributed by atoms with van der Waals surface area (Å²) >= 11 is 0. The molecule has 1 saturated heterocycles. The first-order valence-electron chi connectivity index (χ1n) is 8.41. The quantitative estimate of drug-likeness (QED) is 0.917. The van der Waals surface area contributed by atoms with Crippen molar-refractivity contribution in [2.75, 3.05) is 25.1 Å². The lowest BCUT2D eigenvalue weighted by atomic mass is 9.90. The summed E-state index contributed by atoms with van der Waals surface area (Å²) in [6.07, 6.45) is 0.784. The van der Waals surface area contributed by atoms with Crippen LogP contribution in [0.3, 0.4) is 0 Å². The van der Waals surface area contributed by atoms with E-state index >= 15 is 0 Å². The van der Waals surface area contributed by atoms with Gasteiger partial charge in [-0.2, -0.15) is 0 Å². The fourth-order valence-electron chi connectivity index (χ4n) is 2.38. The Morgan fingerprint density at radius 1 is 1.04 bits per heavy atom. The lowest BCUT2D eigenvalue weighted by Crippen LogP contribution is -2.29. The second kappa shape index (κ2) is 6.36. The Balaban J connectivity index is 2.14. The standard InChI is InChI=1S/C18H31N3O2/c1-16(2,3)13-12-14(21-15(20-13)17(4,5)6)19-9-8-18(7)22-10-11-23-18/h12H,8-11H2,1-7H3,(H,19,20,21). The highest BCUT2D eigenvalue weighted by Gasteiger charge is 2.30. The molecule has 1 aliphatic rings. The number of nitrogens with zero attached hydrogens (tertiary/aromatic N) is 2. The second-order valence-corrected chi connectivity index (χ2v) is 8.47. The third-order valence-electron chi connectivity index (χ3n) is 3.95. The van der Waals surface area contributed by atoms with Gasteiger partial charge in [0.05, 0.1) is 18.9 Å². The van der Waals surface area contributed by atoms with Crippen LogP contribution in [-0.2, 0) is 20.3 Å². The van der Waals surface area contributed by atoms with E-state index in [2.05, 4.69) is 46.9 Å². The van der Waals surface area contributed by atoms with Gasteiger partial charge in [-0.3, -0.25) is 0 Å². The van der Waals surface area contributed by atoms with Gasteiger partial charge in [0, 0.05) is 29.9 Å². The Morgan fingerprint density at radius 2 is 1.65 bits per heavy atom. The zero-order valence-corrected chi connectivity index (χ0v) is 15.6. The summed E-state index contributed by atoms with van der Waals surface area (Å²) in [5, 5.41) is 3.41. The highest BCUT2D eigenvalue weighted by molar-refractivity contribution is 5.39. The third kappa shape index (κ3) is 4.88. The molecule has 5 heteroatoms. The molecule has 0 aromatic carbocycles. The van der Waals surface area contributed by atoms with Crippen molar-refractivity contribution in [3.63, 3.8) is 0 Å². The van der Waals surface area contributed by atoms with Crippen LogP contribution in [0.25, 0.3) is 0 Å². The summed E-state index contributed by atoms with van der Waals surface area (Å²) in [5.74, 6) is 1.27. The minimum absolute atomic E-state index is 0.0109. The predicted molar refractivity (Wildman–Crippen MR) is 92.8 cm³/mol. The summed E-state index contributed by atoms with van der Waals surface area (Å²) in [5.41, 5.74) is 0.962. The predicted octanol–water partition coefficient (Wildman–Crippen LogP) is 3.64. The fraction of sp³-hybridized carbons (Fsp3) is 0.778. The fourth-order valence-corrected chi connectivity index (χ4v) is 2.38. The van der Waals surface area contributed by atoms with Crippen molar-refractivity contribution in [2.24, 2.45) is 0 Å². The summed E-state index contributed by atoms with van der Waals surface area (Å²) < 4.78 is 11.3. The van der Waals surface area contributed by atoms with Gasteiger partial charge in [0.15, 0.2) is 5.79 Å². The lowest BCUT2D eigenvalue weighted by molar-refractivity contribution is -0.144. The summed E-state index contributed by atoms with van der Waals surface area (Å²) in [4.78, 5) is 9.48. The van der Waals surface area contributed by atoms with E-state index in [0.29, 0.717) is 13.2 Å². The van der Waals surface area contributed by atoms with E-state index in [0.717, 1.165) is 30.3 Å². The molecule has 1 N–H and O–H groups in total. The highest BCUT2D eigenvalue weighted by atomic mass is 16.7. The number of aromatic nitrogens is 2. The van der Waals surface area contributed by atoms with Crippen molar-refractivity contribution in [2.45, 2.75) is 71.5 Å². The maximum atomic E-state index is 5.64. The SMILES string of the molecule is CC1(CCNc2cc(C(C)(C)C)nc(C(C)(C)C)n2)OCCO1. The van der Waals surface area contributed by atoms with Gasteiger partial charge in [0.2, 0.25) is 0 Å². The Bertz CT molecular complexity index is 506. The summed E-state index contributed by atoms with van der Waals surface area (Å²) in [7, 11) is 0. The molecule has 2 rings (SSSR count). The van der Waals surface area contributed by atoms with E-state index < -0.39 is 5.79 Å². The minimum Gasteiger partial charge on any atom is -0.370 e. The van der Waals surface area contributed by atoms with E-state index in [4.69, 9.17) is 19.4 Å². The highest BCUT2D eigenvalue weighted by Crippen LogP contribution is 2.27. The zero-order valence-electron chi connectivity index (χ0n) is 15.6. The van der Waals surface area contributed by atoms with Crippen LogP contribution in [-0.4, -0.2) is 35.5 Å². The molecule has 0 aliphatic carbocycles. The van der Waals surface area contributed by atoms with Crippen molar-refractivity contribution in [1.29, 1.82) is 0 Å². The molecule has 1 aromatic rings. The molecular formula is C18H31N3O2. The van der Waals surface area contributed by atoms with Crippen molar-refractivity contribution in [3.05, 3.63) is 17.6 Å². The Kier molecular flexibility index (Phi) is 5.02. The first kappa shape index (κ1) is 18.1. The molecule has 5 nitrogen and oxygen atoms in total. The van der Waals surface area contributed by atoms with Gasteiger partial charge in [-0.25, -0.2) is 9.97 Å². The van der Waals surface area contributed by atoms with Crippen molar-refractivity contribution in [3.8, 4) is 0 Å². The number of hydrogen-bond acceptors (Lipinski definition) is 5. The molecule has 0 spiro atoms. The van der Waals surface area contributed by atoms with E-state index in [1.165, 1.54) is 0 Å². The molecule has 0 atom stereocenters. The molecule has 0 saturated carbocycles. The molecule has 0 radical (unpaired) electrons. The molecule has 1 aromatic heterocycles. The molecular weight excluding hydrogens is 290 g/mol. The smallest absolute Gasteiger partial charge is 0.167 e. The minimum atomic E-state index is -0.472. The monoisotopic (exact) mass is 321 g/mol. The van der Waals surface area contributed by atoms with Gasteiger partial charge < -0.3 is 14.8 Å². The molecule has 2 heterocycles. The van der Waals surface area contributed by atoms with Gasteiger partial charge in [0.1, 0.15) is 11.6 Å². The van der Waals surface area contributed by atoms with Crippen LogP contribution in [0.2, 0.25) is 0 Å². The van der Waals surface area contributed by atoms with E-state index in [1.54, 1.807) is 0 Å². The van der Waals surface area contributed by atoms with Crippen LogP contribution in [0, 0.1) is 0 Å². The van der Waals surface area contributed by atoms with E-state index in [-0.39, 0.29) is 10.8 Å². The van der Waals surface area contributed by atoms with Gasteiger partial charge in [-0.05, 0) is 6.92 Å². The molecule has 1 aliphatic heterocycles. The van der Waals surface area contributed by atoms with Crippen molar-refractivity contribution >= 4 is 5.82 Å². The van der Waals surface area contributed by atoms with Gasteiger partial charge in [0.25, 0.3) is 0 Å². The zero-order chi connectivity index (χ0) is 17.3. The van der Waals surface area contributed by atoms with Gasteiger partial charge in [-0.1, -0.05) is 41.5 Å². The lowest BCUT2D eigenvalue weighted by Gasteiger charge is -2.25. The van der Waals surface area contributed by atoms with Gasteiger partial charge in [-0.15, -0.1) is 0 Å². The number of nitrogens with one attached hydrogen (secondary N) is 1. The first-order valence-corrected chi connectivity index (χ1v) is 8.41. The van der Waals surface area contributed by atoms with Crippen LogP contribution >= 0.6 is 0 Å². The summed E-state index contributed by atoms with van der Waals surface area (Å²) in [6, 6.07) is 2.05. The van der Waals surface area contributed by atoms with E-state index in [1.807, 2.05) is 13.0 Å². The first-order chi connectivity index (χ1) is 10.5. The van der Waals surface area contributed by atoms with E-state index in [9.17, 15) is 0 Å². The van der Waals surface area contributed by atoms with Crippen molar-refractivity contribution < 1.29 is 9.47 Å². The maximum absolute atomic E-state index is 5.64. The van der Waals surface area contributed by atoms with Gasteiger partial charge >= 0.3 is 0 Å². The van der Waals surface area contributed by atoms with Crippen LogP contribution in [0.15, 0.2) is 6.07 Å².